The fourth-order valence-corrected chi connectivity index (χ4v) is 1.89. The highest BCUT2D eigenvalue weighted by atomic mass is 16.1. The number of nitrogens with two attached hydrogens (primary N) is 1. The van der Waals surface area contributed by atoms with E-state index in [0.717, 1.165) is 0 Å². The number of hydrogen-bond acceptors (Lipinski definition) is 6. The molecule has 1 aromatic carbocycles. The first kappa shape index (κ1) is 12.0. The van der Waals surface area contributed by atoms with Crippen molar-refractivity contribution in [1.29, 1.82) is 0 Å². The Labute approximate surface area is 113 Å². The Hall–Kier alpha value is -3.03. The zero-order valence-corrected chi connectivity index (χ0v) is 10.6. The van der Waals surface area contributed by atoms with Crippen LogP contribution in [0.2, 0.25) is 0 Å². The van der Waals surface area contributed by atoms with Crippen LogP contribution in [0.5, 0.6) is 0 Å². The second kappa shape index (κ2) is 4.57. The van der Waals surface area contributed by atoms with E-state index in [1.807, 2.05) is 12.1 Å². The highest BCUT2D eigenvalue weighted by molar-refractivity contribution is 6.12. The molecule has 2 heterocycles. The third kappa shape index (κ3) is 2.14. The van der Waals surface area contributed by atoms with E-state index in [1.54, 1.807) is 19.2 Å². The average molecular weight is 269 g/mol. The number of nitrogens with one attached hydrogen (secondary N) is 1. The van der Waals surface area contributed by atoms with Crippen LogP contribution in [0.15, 0.2) is 30.3 Å². The highest BCUT2D eigenvalue weighted by Gasteiger charge is 2.14. The summed E-state index contributed by atoms with van der Waals surface area (Å²) in [6, 6.07) is 8.79. The third-order valence-corrected chi connectivity index (χ3v) is 2.71. The van der Waals surface area contributed by atoms with E-state index in [1.165, 1.54) is 10.9 Å². The molecule has 3 aromatic rings. The summed E-state index contributed by atoms with van der Waals surface area (Å²) in [6.07, 6.45) is 0. The summed E-state index contributed by atoms with van der Waals surface area (Å²) in [6.45, 7) is 0. The molecule has 2 aromatic heterocycles. The van der Waals surface area contributed by atoms with Crippen LogP contribution >= 0.6 is 0 Å². The van der Waals surface area contributed by atoms with Gasteiger partial charge >= 0.3 is 0 Å². The predicted molar refractivity (Wildman–Crippen MR) is 72.9 cm³/mol. The van der Waals surface area contributed by atoms with E-state index >= 15 is 0 Å². The molecule has 0 aliphatic carbocycles. The van der Waals surface area contributed by atoms with E-state index in [-0.39, 0.29) is 17.7 Å². The van der Waals surface area contributed by atoms with Crippen LogP contribution in [0.1, 0.15) is 10.4 Å². The molecule has 100 valence electrons. The van der Waals surface area contributed by atoms with E-state index in [0.29, 0.717) is 16.5 Å². The Morgan fingerprint density at radius 1 is 1.35 bits per heavy atom. The molecule has 0 spiro atoms. The predicted octanol–water partition coefficient (Wildman–Crippen LogP) is 0.593. The Bertz CT molecular complexity index is 795. The zero-order chi connectivity index (χ0) is 14.1. The summed E-state index contributed by atoms with van der Waals surface area (Å²) < 4.78 is 0. The number of aryl methyl sites for hydroxylation is 1. The van der Waals surface area contributed by atoms with Crippen molar-refractivity contribution in [3.05, 3.63) is 35.9 Å². The normalized spacial score (nSPS) is 10.7. The summed E-state index contributed by atoms with van der Waals surface area (Å²) >= 11 is 0. The number of fused-ring (bicyclic) bond motifs is 1. The first-order chi connectivity index (χ1) is 9.63. The summed E-state index contributed by atoms with van der Waals surface area (Å²) in [4.78, 5) is 17.7. The molecular weight excluding hydrogens is 258 g/mol. The van der Waals surface area contributed by atoms with Crippen molar-refractivity contribution in [2.24, 2.45) is 7.05 Å². The van der Waals surface area contributed by atoms with Crippen LogP contribution in [0.4, 0.5) is 11.8 Å². The molecule has 0 saturated heterocycles. The number of amides is 1. The van der Waals surface area contributed by atoms with Gasteiger partial charge in [-0.2, -0.15) is 4.80 Å². The van der Waals surface area contributed by atoms with Gasteiger partial charge in [0, 0.05) is 5.39 Å². The monoisotopic (exact) mass is 269 g/mol. The molecule has 0 saturated carbocycles. The lowest BCUT2D eigenvalue weighted by molar-refractivity contribution is 0.102. The first-order valence-corrected chi connectivity index (χ1v) is 5.84. The minimum absolute atomic E-state index is 0.136. The van der Waals surface area contributed by atoms with Crippen LogP contribution < -0.4 is 11.1 Å². The Balaban J connectivity index is 2.02. The van der Waals surface area contributed by atoms with Gasteiger partial charge in [-0.3, -0.25) is 10.1 Å². The van der Waals surface area contributed by atoms with Gasteiger partial charge in [-0.05, 0) is 17.3 Å². The Morgan fingerprint density at radius 2 is 2.15 bits per heavy atom. The van der Waals surface area contributed by atoms with E-state index in [2.05, 4.69) is 25.7 Å². The highest BCUT2D eigenvalue weighted by Crippen LogP contribution is 2.20. The fourth-order valence-electron chi connectivity index (χ4n) is 1.89. The summed E-state index contributed by atoms with van der Waals surface area (Å²) in [5.74, 6) is 0.0567. The van der Waals surface area contributed by atoms with Crippen molar-refractivity contribution in [2.75, 3.05) is 11.1 Å². The van der Waals surface area contributed by atoms with E-state index in [9.17, 15) is 4.79 Å². The van der Waals surface area contributed by atoms with Crippen molar-refractivity contribution in [3.63, 3.8) is 0 Å². The molecule has 3 N–H and O–H groups in total. The lowest BCUT2D eigenvalue weighted by atomic mass is 10.1. The molecule has 20 heavy (non-hydrogen) atoms. The van der Waals surface area contributed by atoms with Gasteiger partial charge in [0.1, 0.15) is 5.82 Å². The topological polar surface area (TPSA) is 112 Å². The molecule has 0 unspecified atom stereocenters. The molecule has 1 amide bonds. The molecule has 8 heteroatoms. The SMILES string of the molecule is Cn1nnc(NC(=O)c2cc(N)nc3ccccc23)n1. The number of nitrogens with zero attached hydrogens (tertiary/aromatic N) is 5. The molecule has 0 fully saturated rings. The van der Waals surface area contributed by atoms with E-state index in [4.69, 9.17) is 5.73 Å². The molecule has 8 nitrogen and oxygen atoms in total. The number of tetrazole rings is 1. The largest absolute Gasteiger partial charge is 0.384 e. The maximum absolute atomic E-state index is 12.3. The summed E-state index contributed by atoms with van der Waals surface area (Å²) in [5, 5.41) is 14.5. The van der Waals surface area contributed by atoms with Gasteiger partial charge < -0.3 is 5.73 Å². The van der Waals surface area contributed by atoms with Gasteiger partial charge in [-0.25, -0.2) is 4.98 Å². The van der Waals surface area contributed by atoms with Gasteiger partial charge in [-0.15, -0.1) is 5.10 Å². The number of rotatable bonds is 2. The smallest absolute Gasteiger partial charge is 0.270 e. The van der Waals surface area contributed by atoms with Gasteiger partial charge in [-0.1, -0.05) is 23.3 Å². The van der Waals surface area contributed by atoms with Crippen LogP contribution in [-0.4, -0.2) is 31.1 Å². The summed E-state index contributed by atoms with van der Waals surface area (Å²) in [7, 11) is 1.61. The van der Waals surface area contributed by atoms with Crippen LogP contribution in [-0.2, 0) is 7.05 Å². The van der Waals surface area contributed by atoms with Gasteiger partial charge in [0.25, 0.3) is 11.9 Å². The first-order valence-electron chi connectivity index (χ1n) is 5.84. The number of carbonyl (C=O) groups is 1. The molecular formula is C12H11N7O. The molecule has 0 radical (unpaired) electrons. The summed E-state index contributed by atoms with van der Waals surface area (Å²) in [5.41, 5.74) is 6.80. The van der Waals surface area contributed by atoms with Crippen molar-refractivity contribution >= 4 is 28.6 Å². The molecule has 3 rings (SSSR count). The average Bonchev–Trinajstić information content (AvgIpc) is 2.83. The number of hydrogen-bond donors (Lipinski definition) is 2. The number of nitrogen functional groups attached to an aromatic ring is 1. The maximum Gasteiger partial charge on any atom is 0.270 e. The van der Waals surface area contributed by atoms with Crippen molar-refractivity contribution in [2.45, 2.75) is 0 Å². The molecule has 0 aliphatic heterocycles. The second-order valence-electron chi connectivity index (χ2n) is 4.17. The van der Waals surface area contributed by atoms with Crippen molar-refractivity contribution < 1.29 is 4.79 Å². The van der Waals surface area contributed by atoms with Crippen LogP contribution in [0.25, 0.3) is 10.9 Å². The number of pyridine rings is 1. The van der Waals surface area contributed by atoms with Gasteiger partial charge in [0.15, 0.2) is 0 Å². The maximum atomic E-state index is 12.3. The number of benzene rings is 1. The number of aromatic nitrogens is 5. The minimum Gasteiger partial charge on any atom is -0.384 e. The quantitative estimate of drug-likeness (QED) is 0.704. The number of carbonyl (C=O) groups excluding carboxylic acids is 1. The lowest BCUT2D eigenvalue weighted by Crippen LogP contribution is -2.14. The molecule has 0 aliphatic rings. The Kier molecular flexibility index (Phi) is 2.75. The fraction of sp³-hybridized carbons (Fsp3) is 0.0833. The minimum atomic E-state index is -0.358. The number of para-hydroxylation sites is 1. The standard InChI is InChI=1S/C12H11N7O/c1-19-17-12(16-18-19)15-11(20)8-6-10(13)14-9-5-3-2-4-7(8)9/h2-6H,1H3,(H2,13,14)(H,15,17,20). The van der Waals surface area contributed by atoms with Crippen LogP contribution in [0.3, 0.4) is 0 Å². The number of anilines is 2. The van der Waals surface area contributed by atoms with Gasteiger partial charge in [0.05, 0.1) is 18.1 Å². The molecule has 0 bridgehead atoms. The third-order valence-electron chi connectivity index (χ3n) is 2.71. The Morgan fingerprint density at radius 3 is 2.90 bits per heavy atom. The van der Waals surface area contributed by atoms with E-state index < -0.39 is 0 Å². The zero-order valence-electron chi connectivity index (χ0n) is 10.6. The lowest BCUT2D eigenvalue weighted by Gasteiger charge is -2.06. The van der Waals surface area contributed by atoms with Crippen LogP contribution in [0, 0.1) is 0 Å². The van der Waals surface area contributed by atoms with Crippen molar-refractivity contribution in [3.8, 4) is 0 Å². The molecule has 0 atom stereocenters. The second-order valence-corrected chi connectivity index (χ2v) is 4.17. The van der Waals surface area contributed by atoms with Gasteiger partial charge in [0.2, 0.25) is 0 Å². The van der Waals surface area contributed by atoms with Crippen molar-refractivity contribution in [1.82, 2.24) is 25.2 Å².